The van der Waals surface area contributed by atoms with Crippen LogP contribution < -0.4 is 10.6 Å². The van der Waals surface area contributed by atoms with Crippen molar-refractivity contribution in [3.8, 4) is 6.07 Å². The Morgan fingerprint density at radius 3 is 2.76 bits per heavy atom. The lowest BCUT2D eigenvalue weighted by Gasteiger charge is -2.23. The van der Waals surface area contributed by atoms with E-state index < -0.39 is 5.82 Å². The monoisotopic (exact) mass is 346 g/mol. The van der Waals surface area contributed by atoms with Crippen LogP contribution in [0.3, 0.4) is 0 Å². The maximum atomic E-state index is 13.3. The summed E-state index contributed by atoms with van der Waals surface area (Å²) in [5.41, 5.74) is 0.00538. The molecule has 0 bridgehead atoms. The van der Waals surface area contributed by atoms with Crippen molar-refractivity contribution in [2.75, 3.05) is 25.0 Å². The first kappa shape index (κ1) is 18.9. The smallest absolute Gasteiger partial charge is 0.234 e. The summed E-state index contributed by atoms with van der Waals surface area (Å²) in [5, 5.41) is 14.5. The number of halogens is 1. The molecule has 1 heterocycles. The SMILES string of the molecule is CC(C)(C)NC(=O)CN1CC[C@H](C(=O)Nc2ccc(F)c(C#N)c2)C1. The second-order valence-electron chi connectivity index (χ2n) is 7.31. The third-order valence-corrected chi connectivity index (χ3v) is 3.88. The topological polar surface area (TPSA) is 85.2 Å². The van der Waals surface area contributed by atoms with Crippen LogP contribution in [-0.2, 0) is 9.59 Å². The van der Waals surface area contributed by atoms with Gasteiger partial charge in [0.05, 0.1) is 18.0 Å². The van der Waals surface area contributed by atoms with E-state index in [2.05, 4.69) is 10.6 Å². The lowest BCUT2D eigenvalue weighted by molar-refractivity contribution is -0.124. The average molecular weight is 346 g/mol. The Hall–Kier alpha value is -2.46. The van der Waals surface area contributed by atoms with Crippen LogP contribution in [0.4, 0.5) is 10.1 Å². The lowest BCUT2D eigenvalue weighted by atomic mass is 10.1. The molecule has 1 aromatic rings. The van der Waals surface area contributed by atoms with Crippen molar-refractivity contribution >= 4 is 17.5 Å². The highest BCUT2D eigenvalue weighted by molar-refractivity contribution is 5.93. The Bertz CT molecular complexity index is 706. The highest BCUT2D eigenvalue weighted by Crippen LogP contribution is 2.20. The molecule has 2 N–H and O–H groups in total. The minimum atomic E-state index is -0.614. The third kappa shape index (κ3) is 5.54. The fourth-order valence-electron chi connectivity index (χ4n) is 2.78. The van der Waals surface area contributed by atoms with Crippen LogP contribution in [0.5, 0.6) is 0 Å². The van der Waals surface area contributed by atoms with Gasteiger partial charge in [-0.2, -0.15) is 5.26 Å². The summed E-state index contributed by atoms with van der Waals surface area (Å²) < 4.78 is 13.3. The summed E-state index contributed by atoms with van der Waals surface area (Å²) in [7, 11) is 0. The van der Waals surface area contributed by atoms with Crippen molar-refractivity contribution in [2.45, 2.75) is 32.7 Å². The largest absolute Gasteiger partial charge is 0.350 e. The van der Waals surface area contributed by atoms with E-state index in [-0.39, 0.29) is 35.4 Å². The fraction of sp³-hybridized carbons (Fsp3) is 0.500. The van der Waals surface area contributed by atoms with E-state index in [9.17, 15) is 14.0 Å². The molecular weight excluding hydrogens is 323 g/mol. The Labute approximate surface area is 147 Å². The number of hydrogen-bond donors (Lipinski definition) is 2. The molecule has 0 aromatic heterocycles. The first-order valence-electron chi connectivity index (χ1n) is 8.22. The standard InChI is InChI=1S/C18H23FN4O2/c1-18(2,3)22-16(24)11-23-7-6-12(10-23)17(25)21-14-4-5-15(19)13(8-14)9-20/h4-5,8,12H,6-7,10-11H2,1-3H3,(H,21,25)(H,22,24)/t12-/m0/s1. The summed E-state index contributed by atoms with van der Waals surface area (Å²) in [6, 6.07) is 5.65. The third-order valence-electron chi connectivity index (χ3n) is 3.88. The number of nitrogens with zero attached hydrogens (tertiary/aromatic N) is 2. The molecule has 7 heteroatoms. The molecule has 134 valence electrons. The number of carbonyl (C=O) groups excluding carboxylic acids is 2. The van der Waals surface area contributed by atoms with E-state index in [0.717, 1.165) is 6.07 Å². The van der Waals surface area contributed by atoms with Crippen molar-refractivity contribution in [1.29, 1.82) is 5.26 Å². The van der Waals surface area contributed by atoms with Gasteiger partial charge in [0, 0.05) is 17.8 Å². The van der Waals surface area contributed by atoms with Crippen LogP contribution in [0.1, 0.15) is 32.8 Å². The van der Waals surface area contributed by atoms with Gasteiger partial charge in [-0.05, 0) is 51.9 Å². The van der Waals surface area contributed by atoms with Gasteiger partial charge in [-0.1, -0.05) is 0 Å². The number of hydrogen-bond acceptors (Lipinski definition) is 4. The predicted molar refractivity (Wildman–Crippen MR) is 92.2 cm³/mol. The second kappa shape index (κ2) is 7.62. The molecule has 1 aliphatic heterocycles. The zero-order valence-electron chi connectivity index (χ0n) is 14.7. The molecule has 0 radical (unpaired) electrons. The summed E-state index contributed by atoms with van der Waals surface area (Å²) in [5.74, 6) is -1.10. The first-order valence-corrected chi connectivity index (χ1v) is 8.22. The molecule has 2 amide bonds. The van der Waals surface area contributed by atoms with Crippen LogP contribution >= 0.6 is 0 Å². The van der Waals surface area contributed by atoms with E-state index in [4.69, 9.17) is 5.26 Å². The Kier molecular flexibility index (Phi) is 5.75. The van der Waals surface area contributed by atoms with E-state index in [1.165, 1.54) is 12.1 Å². The zero-order valence-corrected chi connectivity index (χ0v) is 14.7. The highest BCUT2D eigenvalue weighted by atomic mass is 19.1. The minimum Gasteiger partial charge on any atom is -0.350 e. The number of likely N-dealkylation sites (tertiary alicyclic amines) is 1. The molecule has 6 nitrogen and oxygen atoms in total. The van der Waals surface area contributed by atoms with E-state index in [1.807, 2.05) is 25.7 Å². The van der Waals surface area contributed by atoms with Crippen molar-refractivity contribution in [3.63, 3.8) is 0 Å². The minimum absolute atomic E-state index is 0.0641. The molecule has 25 heavy (non-hydrogen) atoms. The summed E-state index contributed by atoms with van der Waals surface area (Å²) in [6.07, 6.45) is 0.654. The number of nitrogens with one attached hydrogen (secondary N) is 2. The van der Waals surface area contributed by atoms with Gasteiger partial charge in [0.1, 0.15) is 11.9 Å². The Morgan fingerprint density at radius 1 is 1.40 bits per heavy atom. The highest BCUT2D eigenvalue weighted by Gasteiger charge is 2.30. The number of benzene rings is 1. The fourth-order valence-corrected chi connectivity index (χ4v) is 2.78. The predicted octanol–water partition coefficient (Wildman–Crippen LogP) is 1.87. The molecule has 0 saturated carbocycles. The Balaban J connectivity index is 1.88. The van der Waals surface area contributed by atoms with Gasteiger partial charge in [0.15, 0.2) is 0 Å². The average Bonchev–Trinajstić information content (AvgIpc) is 2.95. The number of rotatable bonds is 4. The molecule has 1 fully saturated rings. The molecular formula is C18H23FN4O2. The summed E-state index contributed by atoms with van der Waals surface area (Å²) in [6.45, 7) is 7.18. The van der Waals surface area contributed by atoms with Crippen molar-refractivity contribution in [1.82, 2.24) is 10.2 Å². The van der Waals surface area contributed by atoms with Gasteiger partial charge in [0.2, 0.25) is 11.8 Å². The van der Waals surface area contributed by atoms with Gasteiger partial charge < -0.3 is 10.6 Å². The van der Waals surface area contributed by atoms with E-state index in [1.54, 1.807) is 6.07 Å². The van der Waals surface area contributed by atoms with E-state index in [0.29, 0.717) is 25.2 Å². The van der Waals surface area contributed by atoms with Crippen LogP contribution in [-0.4, -0.2) is 41.9 Å². The van der Waals surface area contributed by atoms with Crippen LogP contribution in [0.15, 0.2) is 18.2 Å². The van der Waals surface area contributed by atoms with Crippen LogP contribution in [0.2, 0.25) is 0 Å². The van der Waals surface area contributed by atoms with Gasteiger partial charge >= 0.3 is 0 Å². The first-order chi connectivity index (χ1) is 11.7. The molecule has 0 unspecified atom stereocenters. The maximum Gasteiger partial charge on any atom is 0.234 e. The summed E-state index contributed by atoms with van der Waals surface area (Å²) in [4.78, 5) is 26.3. The number of carbonyl (C=O) groups is 2. The quantitative estimate of drug-likeness (QED) is 0.872. The van der Waals surface area contributed by atoms with Gasteiger partial charge in [-0.15, -0.1) is 0 Å². The normalized spacial score (nSPS) is 17.8. The molecule has 1 atom stereocenters. The van der Waals surface area contributed by atoms with Crippen LogP contribution in [0, 0.1) is 23.1 Å². The second-order valence-corrected chi connectivity index (χ2v) is 7.31. The van der Waals surface area contributed by atoms with Crippen molar-refractivity contribution < 1.29 is 14.0 Å². The molecule has 1 aromatic carbocycles. The number of anilines is 1. The lowest BCUT2D eigenvalue weighted by Crippen LogP contribution is -2.45. The van der Waals surface area contributed by atoms with E-state index >= 15 is 0 Å². The number of amides is 2. The van der Waals surface area contributed by atoms with Crippen LogP contribution in [0.25, 0.3) is 0 Å². The molecule has 1 aliphatic rings. The summed E-state index contributed by atoms with van der Waals surface area (Å²) >= 11 is 0. The molecule has 0 aliphatic carbocycles. The van der Waals surface area contributed by atoms with Crippen molar-refractivity contribution in [3.05, 3.63) is 29.6 Å². The Morgan fingerprint density at radius 2 is 2.12 bits per heavy atom. The number of nitriles is 1. The molecule has 0 spiro atoms. The zero-order chi connectivity index (χ0) is 18.6. The van der Waals surface area contributed by atoms with Gasteiger partial charge in [-0.25, -0.2) is 4.39 Å². The molecule has 2 rings (SSSR count). The maximum absolute atomic E-state index is 13.3. The van der Waals surface area contributed by atoms with Gasteiger partial charge in [-0.3, -0.25) is 14.5 Å². The molecule has 1 saturated heterocycles. The van der Waals surface area contributed by atoms with Gasteiger partial charge in [0.25, 0.3) is 0 Å². The van der Waals surface area contributed by atoms with Crippen molar-refractivity contribution in [2.24, 2.45) is 5.92 Å².